The van der Waals surface area contributed by atoms with E-state index in [-0.39, 0.29) is 17.6 Å². The van der Waals surface area contributed by atoms with Crippen molar-refractivity contribution in [1.82, 2.24) is 0 Å². The summed E-state index contributed by atoms with van der Waals surface area (Å²) in [6.07, 6.45) is 16.2. The van der Waals surface area contributed by atoms with Crippen LogP contribution in [0.5, 0.6) is 0 Å². The number of carbonyl (C=O) groups excluding carboxylic acids is 1. The maximum Gasteiger partial charge on any atom is 0.411 e. The fourth-order valence-electron chi connectivity index (χ4n) is 10.2. The topological polar surface area (TPSA) is 38.3 Å². The molecule has 1 amide bonds. The number of nitrogens with one attached hydrogen (secondary N) is 1. The smallest absolute Gasteiger partial charge is 0.411 e. The fourth-order valence-corrected chi connectivity index (χ4v) is 10.3. The summed E-state index contributed by atoms with van der Waals surface area (Å²) in [7, 11) is 0. The molecule has 0 bridgehead atoms. The van der Waals surface area contributed by atoms with Crippen LogP contribution in [0.1, 0.15) is 112 Å². The van der Waals surface area contributed by atoms with Gasteiger partial charge in [-0.05, 0) is 128 Å². The van der Waals surface area contributed by atoms with Gasteiger partial charge in [-0.25, -0.2) is 4.79 Å². The van der Waals surface area contributed by atoms with Gasteiger partial charge in [-0.3, -0.25) is 5.32 Å². The molecule has 0 heterocycles. The summed E-state index contributed by atoms with van der Waals surface area (Å²) in [6, 6.07) is 7.18. The van der Waals surface area contributed by atoms with Gasteiger partial charge in [-0.2, -0.15) is 0 Å². The second kappa shape index (κ2) is 12.0. The van der Waals surface area contributed by atoms with Crippen molar-refractivity contribution in [1.29, 1.82) is 0 Å². The highest BCUT2D eigenvalue weighted by Crippen LogP contribution is 2.67. The molecule has 222 valence electrons. The van der Waals surface area contributed by atoms with E-state index in [1.165, 1.54) is 51.4 Å². The van der Waals surface area contributed by atoms with E-state index in [1.54, 1.807) is 17.7 Å². The lowest BCUT2D eigenvalue weighted by Gasteiger charge is -2.58. The third kappa shape index (κ3) is 5.75. The van der Waals surface area contributed by atoms with E-state index in [4.69, 9.17) is 16.3 Å². The second-order valence-electron chi connectivity index (χ2n) is 14.9. The Labute approximate surface area is 249 Å². The van der Waals surface area contributed by atoms with Crippen LogP contribution >= 0.6 is 11.6 Å². The van der Waals surface area contributed by atoms with E-state index < -0.39 is 0 Å². The van der Waals surface area contributed by atoms with Gasteiger partial charge in [-0.1, -0.05) is 77.6 Å². The van der Waals surface area contributed by atoms with Gasteiger partial charge in [0.2, 0.25) is 0 Å². The first-order chi connectivity index (χ1) is 19.0. The van der Waals surface area contributed by atoms with Crippen LogP contribution in [0.3, 0.4) is 0 Å². The number of anilines is 1. The largest absolute Gasteiger partial charge is 0.446 e. The molecule has 5 rings (SSSR count). The number of amides is 1. The molecule has 9 atom stereocenters. The molecule has 1 aromatic rings. The van der Waals surface area contributed by atoms with Crippen molar-refractivity contribution in [3.8, 4) is 0 Å². The van der Waals surface area contributed by atoms with Crippen LogP contribution in [0.25, 0.3) is 0 Å². The van der Waals surface area contributed by atoms with Gasteiger partial charge in [-0.15, -0.1) is 0 Å². The van der Waals surface area contributed by atoms with Crippen LogP contribution in [0.4, 0.5) is 10.5 Å². The van der Waals surface area contributed by atoms with Gasteiger partial charge < -0.3 is 4.74 Å². The van der Waals surface area contributed by atoms with Gasteiger partial charge in [0.1, 0.15) is 6.10 Å². The lowest BCUT2D eigenvalue weighted by Crippen LogP contribution is -2.51. The normalized spacial score (nSPS) is 36.6. The van der Waals surface area contributed by atoms with Crippen molar-refractivity contribution < 1.29 is 9.53 Å². The molecule has 1 N–H and O–H groups in total. The summed E-state index contributed by atoms with van der Waals surface area (Å²) in [6.45, 7) is 15.0. The van der Waals surface area contributed by atoms with Gasteiger partial charge in [0.05, 0.1) is 0 Å². The van der Waals surface area contributed by atoms with Crippen LogP contribution in [0, 0.1) is 52.3 Å². The van der Waals surface area contributed by atoms with Gasteiger partial charge >= 0.3 is 6.09 Å². The Hall–Kier alpha value is -1.48. The van der Waals surface area contributed by atoms with Crippen LogP contribution in [-0.4, -0.2) is 12.2 Å². The highest BCUT2D eigenvalue weighted by molar-refractivity contribution is 6.30. The molecule has 0 aliphatic heterocycles. The van der Waals surface area contributed by atoms with Crippen molar-refractivity contribution >= 4 is 23.4 Å². The number of allylic oxidation sites excluding steroid dienone is 1. The molecule has 3 nitrogen and oxygen atoms in total. The molecule has 0 aromatic heterocycles. The van der Waals surface area contributed by atoms with Gasteiger partial charge in [0.25, 0.3) is 0 Å². The SMILES string of the molecule is CC[C@@H](CC[C@@H](C)[C@H]1CC[C@H]2[C@@H]3CC=C4C[C@@H](OC(=O)Nc5ccc(Cl)cc5)CC[C@]4(C)[C@H]3CC[C@]12C)C(C)C. The Bertz CT molecular complexity index is 1070. The Balaban J connectivity index is 1.21. The number of hydrogen-bond acceptors (Lipinski definition) is 2. The molecule has 0 unspecified atom stereocenters. The first-order valence-electron chi connectivity index (χ1n) is 16.5. The molecule has 4 aliphatic rings. The second-order valence-corrected chi connectivity index (χ2v) is 15.3. The number of benzene rings is 1. The van der Waals surface area contributed by atoms with Crippen LogP contribution < -0.4 is 5.32 Å². The molecular formula is C36H54ClNO2. The Morgan fingerprint density at radius 3 is 2.48 bits per heavy atom. The van der Waals surface area contributed by atoms with E-state index in [1.807, 2.05) is 12.1 Å². The van der Waals surface area contributed by atoms with E-state index in [9.17, 15) is 4.79 Å². The number of fused-ring (bicyclic) bond motifs is 5. The summed E-state index contributed by atoms with van der Waals surface area (Å²) in [5.41, 5.74) is 3.07. The third-order valence-electron chi connectivity index (χ3n) is 12.6. The molecule has 4 heteroatoms. The molecule has 3 saturated carbocycles. The Kier molecular flexibility index (Phi) is 9.01. The van der Waals surface area contributed by atoms with Gasteiger partial charge in [0, 0.05) is 17.1 Å². The standard InChI is InChI=1S/C36H54ClNO2/c1-7-25(23(2)3)9-8-24(4)31-16-17-32-30-15-10-26-22-29(40-34(39)38-28-13-11-27(37)12-14-28)18-20-35(26,5)33(30)19-21-36(31,32)6/h10-14,23-25,29-33H,7-9,15-22H2,1-6H3,(H,38,39)/t24-,25+,29+,30+,31-,32+,33+,35+,36-/m1/s1. The van der Waals surface area contributed by atoms with Crippen molar-refractivity contribution in [3.63, 3.8) is 0 Å². The Morgan fingerprint density at radius 2 is 1.77 bits per heavy atom. The zero-order chi connectivity index (χ0) is 28.7. The molecule has 0 spiro atoms. The molecule has 4 aliphatic carbocycles. The predicted molar refractivity (Wildman–Crippen MR) is 168 cm³/mol. The van der Waals surface area contributed by atoms with Crippen molar-refractivity contribution in [2.24, 2.45) is 52.3 Å². The summed E-state index contributed by atoms with van der Waals surface area (Å²) in [5.74, 6) is 5.91. The minimum Gasteiger partial charge on any atom is -0.446 e. The predicted octanol–water partition coefficient (Wildman–Crippen LogP) is 10.9. The summed E-state index contributed by atoms with van der Waals surface area (Å²) >= 11 is 5.98. The van der Waals surface area contributed by atoms with E-state index in [0.29, 0.717) is 16.1 Å². The summed E-state index contributed by atoms with van der Waals surface area (Å²) in [4.78, 5) is 12.6. The molecule has 40 heavy (non-hydrogen) atoms. The van der Waals surface area contributed by atoms with Crippen LogP contribution in [0.15, 0.2) is 35.9 Å². The molecule has 0 radical (unpaired) electrons. The maximum atomic E-state index is 12.6. The minimum atomic E-state index is -0.358. The molecular weight excluding hydrogens is 514 g/mol. The average molecular weight is 568 g/mol. The minimum absolute atomic E-state index is 0.0356. The van der Waals surface area contributed by atoms with E-state index in [0.717, 1.165) is 60.7 Å². The van der Waals surface area contributed by atoms with E-state index >= 15 is 0 Å². The fraction of sp³-hybridized carbons (Fsp3) is 0.750. The summed E-state index contributed by atoms with van der Waals surface area (Å²) < 4.78 is 5.92. The zero-order valence-corrected chi connectivity index (χ0v) is 26.7. The quantitative estimate of drug-likeness (QED) is 0.317. The highest BCUT2D eigenvalue weighted by atomic mass is 35.5. The van der Waals surface area contributed by atoms with Crippen molar-refractivity contribution in [3.05, 3.63) is 40.9 Å². The number of carbonyl (C=O) groups is 1. The lowest BCUT2D eigenvalue weighted by molar-refractivity contribution is -0.0579. The van der Waals surface area contributed by atoms with Crippen LogP contribution in [-0.2, 0) is 4.74 Å². The first kappa shape index (κ1) is 30.0. The molecule has 3 fully saturated rings. The maximum absolute atomic E-state index is 12.6. The number of halogens is 1. The number of hydrogen-bond donors (Lipinski definition) is 1. The van der Waals surface area contributed by atoms with Crippen molar-refractivity contribution in [2.45, 2.75) is 118 Å². The molecule has 0 saturated heterocycles. The monoisotopic (exact) mass is 567 g/mol. The average Bonchev–Trinajstić information content (AvgIpc) is 3.27. The number of ether oxygens (including phenoxy) is 1. The first-order valence-corrected chi connectivity index (χ1v) is 16.9. The van der Waals surface area contributed by atoms with Crippen molar-refractivity contribution in [2.75, 3.05) is 5.32 Å². The Morgan fingerprint density at radius 1 is 1.02 bits per heavy atom. The third-order valence-corrected chi connectivity index (χ3v) is 12.9. The lowest BCUT2D eigenvalue weighted by atomic mass is 9.47. The van der Waals surface area contributed by atoms with E-state index in [2.05, 4.69) is 52.9 Å². The van der Waals surface area contributed by atoms with Gasteiger partial charge in [0.15, 0.2) is 0 Å². The van der Waals surface area contributed by atoms with Crippen LogP contribution in [0.2, 0.25) is 5.02 Å². The molecule has 1 aromatic carbocycles. The number of rotatable bonds is 8. The highest BCUT2D eigenvalue weighted by Gasteiger charge is 2.59. The zero-order valence-electron chi connectivity index (χ0n) is 26.0. The summed E-state index contributed by atoms with van der Waals surface area (Å²) in [5, 5.41) is 3.53.